The minimum atomic E-state index is -2.36. The Morgan fingerprint density at radius 3 is 2.39 bits per heavy atom. The molecular weight excluding hydrogens is 377 g/mol. The number of nitrogens with two attached hydrogens (primary N) is 1. The highest BCUT2D eigenvalue weighted by atomic mass is 32.2. The Bertz CT molecular complexity index is 984. The molecular formula is C21H23FN3O2S-. The fraction of sp³-hybridized carbons (Fsp3) is 0.286. The third kappa shape index (κ3) is 4.22. The van der Waals surface area contributed by atoms with E-state index in [-0.39, 0.29) is 11.2 Å². The summed E-state index contributed by atoms with van der Waals surface area (Å²) >= 11 is -2.36. The minimum Gasteiger partial charge on any atom is -0.760 e. The van der Waals surface area contributed by atoms with Gasteiger partial charge in [0.1, 0.15) is 11.6 Å². The number of imidazole rings is 1. The number of aromatic nitrogens is 2. The monoisotopic (exact) mass is 400 g/mol. The lowest BCUT2D eigenvalue weighted by Crippen LogP contribution is -1.97. The Morgan fingerprint density at radius 1 is 1.14 bits per heavy atom. The second-order valence-corrected chi connectivity index (χ2v) is 8.08. The molecule has 0 spiro atoms. The van der Waals surface area contributed by atoms with Crippen LogP contribution < -0.4 is 5.14 Å². The maximum absolute atomic E-state index is 13.5. The summed E-state index contributed by atoms with van der Waals surface area (Å²) in [5, 5.41) is 4.03. The fourth-order valence-electron chi connectivity index (χ4n) is 4.01. The van der Waals surface area contributed by atoms with E-state index < -0.39 is 11.3 Å². The van der Waals surface area contributed by atoms with Crippen LogP contribution in [0.15, 0.2) is 60.8 Å². The van der Waals surface area contributed by atoms with Crippen LogP contribution >= 0.6 is 0 Å². The average Bonchev–Trinajstić information content (AvgIpc) is 3.00. The van der Waals surface area contributed by atoms with E-state index in [2.05, 4.69) is 55.5 Å². The van der Waals surface area contributed by atoms with E-state index in [4.69, 9.17) is 13.7 Å². The zero-order valence-corrected chi connectivity index (χ0v) is 16.8. The lowest BCUT2D eigenvalue weighted by molar-refractivity contribution is 0.538. The topological polar surface area (TPSA) is 84.0 Å². The SMILES string of the molecule is Cn1cc([C@H]2[C@H](c3ccccc3)C2(C)C)nc1-c1cccc(F)c1.NS(=O)[O-]. The molecule has 148 valence electrons. The lowest BCUT2D eigenvalue weighted by Gasteiger charge is -2.01. The molecule has 2 aromatic carbocycles. The second kappa shape index (κ2) is 7.95. The first-order chi connectivity index (χ1) is 13.2. The number of nitrogens with zero attached hydrogens (tertiary/aromatic N) is 2. The molecule has 0 amide bonds. The highest BCUT2D eigenvalue weighted by Gasteiger charge is 2.60. The molecule has 1 aromatic heterocycles. The standard InChI is InChI=1S/C21H21FN2.H3NO2S/c1-21(2)18(14-8-5-4-6-9-14)19(21)17-13-24(3)20(23-17)15-10-7-11-16(22)12-15;1-4(2)3/h4-13,18-19H,1-3H3;1H2,(H,2,3)/p-1/t18-,19-;/m0./s1. The van der Waals surface area contributed by atoms with Crippen LogP contribution in [0.1, 0.15) is 36.9 Å². The van der Waals surface area contributed by atoms with E-state index in [9.17, 15) is 4.39 Å². The van der Waals surface area contributed by atoms with E-state index in [0.29, 0.717) is 11.8 Å². The van der Waals surface area contributed by atoms with Gasteiger partial charge in [-0.05, 0) is 29.0 Å². The Kier molecular flexibility index (Phi) is 5.79. The summed E-state index contributed by atoms with van der Waals surface area (Å²) in [4.78, 5) is 4.85. The zero-order chi connectivity index (χ0) is 20.5. The maximum atomic E-state index is 13.5. The smallest absolute Gasteiger partial charge is 0.140 e. The summed E-state index contributed by atoms with van der Waals surface area (Å²) in [6, 6.07) is 17.3. The summed E-state index contributed by atoms with van der Waals surface area (Å²) in [5.41, 5.74) is 3.47. The number of hydrogen-bond acceptors (Lipinski definition) is 3. The minimum absolute atomic E-state index is 0.189. The van der Waals surface area contributed by atoms with Gasteiger partial charge in [0.05, 0.1) is 5.69 Å². The third-order valence-electron chi connectivity index (χ3n) is 5.28. The molecule has 1 saturated carbocycles. The molecule has 28 heavy (non-hydrogen) atoms. The van der Waals surface area contributed by atoms with Gasteiger partial charge in [0.25, 0.3) is 0 Å². The largest absolute Gasteiger partial charge is 0.760 e. The van der Waals surface area contributed by atoms with Crippen molar-refractivity contribution in [2.45, 2.75) is 25.7 Å². The quantitative estimate of drug-likeness (QED) is 0.677. The van der Waals surface area contributed by atoms with Gasteiger partial charge in [0.2, 0.25) is 0 Å². The molecule has 3 aromatic rings. The highest BCUT2D eigenvalue weighted by molar-refractivity contribution is 7.76. The van der Waals surface area contributed by atoms with Gasteiger partial charge in [0.15, 0.2) is 0 Å². The van der Waals surface area contributed by atoms with E-state index in [1.54, 1.807) is 12.1 Å². The van der Waals surface area contributed by atoms with Crippen LogP contribution in [0, 0.1) is 11.2 Å². The van der Waals surface area contributed by atoms with Gasteiger partial charge in [-0.15, -0.1) is 0 Å². The molecule has 2 N–H and O–H groups in total. The number of aryl methyl sites for hydroxylation is 1. The molecule has 7 heteroatoms. The van der Waals surface area contributed by atoms with Crippen LogP contribution in [-0.4, -0.2) is 18.3 Å². The van der Waals surface area contributed by atoms with Gasteiger partial charge < -0.3 is 9.12 Å². The van der Waals surface area contributed by atoms with Crippen molar-refractivity contribution in [3.63, 3.8) is 0 Å². The maximum Gasteiger partial charge on any atom is 0.140 e. The summed E-state index contributed by atoms with van der Waals surface area (Å²) in [6.07, 6.45) is 2.09. The van der Waals surface area contributed by atoms with Gasteiger partial charge in [-0.25, -0.2) is 9.37 Å². The molecule has 0 bridgehead atoms. The van der Waals surface area contributed by atoms with Crippen molar-refractivity contribution in [2.75, 3.05) is 0 Å². The van der Waals surface area contributed by atoms with E-state index >= 15 is 0 Å². The Morgan fingerprint density at radius 2 is 1.79 bits per heavy atom. The van der Waals surface area contributed by atoms with Crippen molar-refractivity contribution in [1.82, 2.24) is 9.55 Å². The first-order valence-corrected chi connectivity index (χ1v) is 10.0. The van der Waals surface area contributed by atoms with Crippen molar-refractivity contribution in [1.29, 1.82) is 0 Å². The molecule has 1 fully saturated rings. The van der Waals surface area contributed by atoms with Crippen LogP contribution in [0.4, 0.5) is 4.39 Å². The van der Waals surface area contributed by atoms with Gasteiger partial charge >= 0.3 is 0 Å². The Hall–Kier alpha value is -2.35. The first-order valence-electron chi connectivity index (χ1n) is 8.89. The van der Waals surface area contributed by atoms with Gasteiger partial charge in [-0.2, -0.15) is 0 Å². The van der Waals surface area contributed by atoms with Crippen LogP contribution in [0.2, 0.25) is 0 Å². The van der Waals surface area contributed by atoms with Gasteiger partial charge in [0, 0.05) is 36.0 Å². The second-order valence-electron chi connectivity index (χ2n) is 7.56. The van der Waals surface area contributed by atoms with Crippen molar-refractivity contribution < 1.29 is 13.2 Å². The van der Waals surface area contributed by atoms with Crippen LogP contribution in [-0.2, 0) is 18.3 Å². The lowest BCUT2D eigenvalue weighted by atomic mass is 10.0. The van der Waals surface area contributed by atoms with E-state index in [1.165, 1.54) is 11.6 Å². The van der Waals surface area contributed by atoms with Crippen LogP contribution in [0.3, 0.4) is 0 Å². The molecule has 0 saturated heterocycles. The number of hydrogen-bond donors (Lipinski definition) is 1. The van der Waals surface area contributed by atoms with Gasteiger partial charge in [-0.3, -0.25) is 9.35 Å². The predicted molar refractivity (Wildman–Crippen MR) is 107 cm³/mol. The summed E-state index contributed by atoms with van der Waals surface area (Å²) in [6.45, 7) is 4.59. The molecule has 1 aliphatic carbocycles. The summed E-state index contributed by atoms with van der Waals surface area (Å²) < 4.78 is 33.1. The normalized spacial score (nSPS) is 20.8. The number of halogens is 1. The molecule has 1 aliphatic rings. The molecule has 0 radical (unpaired) electrons. The molecule has 1 unspecified atom stereocenters. The predicted octanol–water partition coefficient (Wildman–Crippen LogP) is 3.87. The molecule has 3 atom stereocenters. The highest BCUT2D eigenvalue weighted by Crippen LogP contribution is 2.69. The number of benzene rings is 2. The van der Waals surface area contributed by atoms with Crippen molar-refractivity contribution in [3.05, 3.63) is 77.9 Å². The van der Waals surface area contributed by atoms with Crippen LogP contribution in [0.25, 0.3) is 11.4 Å². The molecule has 0 aliphatic heterocycles. The van der Waals surface area contributed by atoms with E-state index in [1.807, 2.05) is 17.7 Å². The molecule has 4 rings (SSSR count). The Balaban J connectivity index is 0.000000516. The zero-order valence-electron chi connectivity index (χ0n) is 16.0. The summed E-state index contributed by atoms with van der Waals surface area (Å²) in [7, 11) is 1.98. The number of rotatable bonds is 3. The Labute approximate surface area is 166 Å². The first kappa shape index (κ1) is 20.4. The fourth-order valence-corrected chi connectivity index (χ4v) is 4.01. The molecule has 1 heterocycles. The average molecular weight is 400 g/mol. The summed E-state index contributed by atoms with van der Waals surface area (Å²) in [5.74, 6) is 1.47. The van der Waals surface area contributed by atoms with Crippen molar-refractivity contribution >= 4 is 11.3 Å². The van der Waals surface area contributed by atoms with Crippen molar-refractivity contribution in [2.24, 2.45) is 17.6 Å². The molecule has 5 nitrogen and oxygen atoms in total. The van der Waals surface area contributed by atoms with Crippen molar-refractivity contribution in [3.8, 4) is 11.4 Å². The van der Waals surface area contributed by atoms with Gasteiger partial charge in [-0.1, -0.05) is 56.3 Å². The van der Waals surface area contributed by atoms with E-state index in [0.717, 1.165) is 17.1 Å². The third-order valence-corrected chi connectivity index (χ3v) is 5.28. The van der Waals surface area contributed by atoms with Crippen LogP contribution in [0.5, 0.6) is 0 Å².